The third-order valence-corrected chi connectivity index (χ3v) is 0.590. The van der Waals surface area contributed by atoms with Crippen molar-refractivity contribution in [2.24, 2.45) is 0 Å². The second kappa shape index (κ2) is 8.20. The van der Waals surface area contributed by atoms with E-state index in [0.29, 0.717) is 0 Å². The Labute approximate surface area is 69.3 Å². The molecular weight excluding hydrogens is 177 g/mol. The topological polar surface area (TPSA) is 9.23 Å². The lowest BCUT2D eigenvalue weighted by molar-refractivity contribution is -0.143. The maximum Gasteiger partial charge on any atom is 0.391 e. The molecule has 11 heavy (non-hydrogen) atoms. The summed E-state index contributed by atoms with van der Waals surface area (Å²) in [6.07, 6.45) is -0.848. The fourth-order valence-electron chi connectivity index (χ4n) is 0.218. The summed E-state index contributed by atoms with van der Waals surface area (Å²) in [6, 6.07) is 0. The summed E-state index contributed by atoms with van der Waals surface area (Å²) in [6.45, 7) is -0.247. The average Bonchev–Trinajstić information content (AvgIpc) is 1.84. The van der Waals surface area contributed by atoms with Crippen LogP contribution in [0.25, 0.3) is 0 Å². The van der Waals surface area contributed by atoms with Crippen LogP contribution in [0.3, 0.4) is 0 Å². The van der Waals surface area contributed by atoms with E-state index in [4.69, 9.17) is 0 Å². The van der Waals surface area contributed by atoms with Gasteiger partial charge in [-0.2, -0.15) is 24.9 Å². The minimum Gasteiger partial charge on any atom is -0.384 e. The minimum atomic E-state index is -4.07. The Kier molecular flexibility index (Phi) is 10.2. The monoisotopic (exact) mass is 190 g/mol. The first-order valence-electron chi connectivity index (χ1n) is 2.93. The van der Waals surface area contributed by atoms with Crippen LogP contribution < -0.4 is 0 Å². The molecular formula is C6H13F3OS. The predicted octanol–water partition coefficient (Wildman–Crippen LogP) is 2.56. The normalized spacial score (nSPS) is 10.4. The lowest BCUT2D eigenvalue weighted by Gasteiger charge is -2.02. The first-order valence-corrected chi connectivity index (χ1v) is 4.57. The average molecular weight is 190 g/mol. The molecule has 0 aliphatic rings. The number of alkyl halides is 3. The molecule has 0 aliphatic carbocycles. The summed E-state index contributed by atoms with van der Waals surface area (Å²) in [5.74, 6) is 0. The smallest absolute Gasteiger partial charge is 0.384 e. The van der Waals surface area contributed by atoms with Gasteiger partial charge in [-0.05, 0) is 12.5 Å². The van der Waals surface area contributed by atoms with Crippen LogP contribution in [0.2, 0.25) is 0 Å². The zero-order valence-electron chi connectivity index (χ0n) is 6.86. The number of halogens is 3. The molecule has 1 nitrogen and oxygen atoms in total. The van der Waals surface area contributed by atoms with Crippen molar-refractivity contribution in [2.45, 2.75) is 12.6 Å². The molecule has 0 saturated carbocycles. The number of ether oxygens (including phenoxy) is 1. The van der Waals surface area contributed by atoms with Crippen molar-refractivity contribution >= 4 is 11.8 Å². The summed E-state index contributed by atoms with van der Waals surface area (Å²) in [5.41, 5.74) is 0. The quantitative estimate of drug-likeness (QED) is 0.661. The van der Waals surface area contributed by atoms with E-state index in [1.54, 1.807) is 11.8 Å². The van der Waals surface area contributed by atoms with Crippen molar-refractivity contribution in [1.29, 1.82) is 0 Å². The molecule has 0 aromatic rings. The van der Waals surface area contributed by atoms with Crippen LogP contribution >= 0.6 is 11.8 Å². The molecule has 0 saturated heterocycles. The molecule has 0 heterocycles. The Bertz CT molecular complexity index is 74.7. The largest absolute Gasteiger partial charge is 0.391 e. The van der Waals surface area contributed by atoms with Crippen LogP contribution in [-0.2, 0) is 4.74 Å². The van der Waals surface area contributed by atoms with Crippen LogP contribution in [0.4, 0.5) is 13.2 Å². The van der Waals surface area contributed by atoms with E-state index in [-0.39, 0.29) is 6.61 Å². The lowest BCUT2D eigenvalue weighted by atomic mass is 10.4. The molecule has 0 radical (unpaired) electrons. The molecule has 0 N–H and O–H groups in total. The van der Waals surface area contributed by atoms with Gasteiger partial charge in [0.2, 0.25) is 0 Å². The maximum atomic E-state index is 11.2. The molecule has 0 fully saturated rings. The van der Waals surface area contributed by atoms with Gasteiger partial charge in [-0.1, -0.05) is 0 Å². The molecule has 0 rings (SSSR count). The van der Waals surface area contributed by atoms with Gasteiger partial charge in [0.15, 0.2) is 0 Å². The Balaban J connectivity index is 0. The van der Waals surface area contributed by atoms with Gasteiger partial charge in [0, 0.05) is 7.11 Å². The molecule has 0 amide bonds. The third kappa shape index (κ3) is 25.5. The standard InChI is InChI=1S/C4H7F3O.C2H6S/c1-8-3-2-4(5,6)7;1-3-2/h2-3H2,1H3;1-2H3. The zero-order chi connectivity index (χ0) is 9.33. The molecule has 0 aromatic carbocycles. The van der Waals surface area contributed by atoms with Gasteiger partial charge in [0.25, 0.3) is 0 Å². The van der Waals surface area contributed by atoms with Gasteiger partial charge >= 0.3 is 6.18 Å². The van der Waals surface area contributed by atoms with E-state index in [2.05, 4.69) is 4.74 Å². The van der Waals surface area contributed by atoms with E-state index in [1.807, 2.05) is 12.5 Å². The SMILES string of the molecule is COCCC(F)(F)F.CSC. The highest BCUT2D eigenvalue weighted by molar-refractivity contribution is 7.97. The Morgan fingerprint density at radius 2 is 1.64 bits per heavy atom. The van der Waals surface area contributed by atoms with Crippen molar-refractivity contribution < 1.29 is 17.9 Å². The van der Waals surface area contributed by atoms with Gasteiger partial charge in [0.05, 0.1) is 13.0 Å². The fourth-order valence-corrected chi connectivity index (χ4v) is 0.218. The Morgan fingerprint density at radius 1 is 1.27 bits per heavy atom. The van der Waals surface area contributed by atoms with E-state index in [9.17, 15) is 13.2 Å². The van der Waals surface area contributed by atoms with Gasteiger partial charge < -0.3 is 4.74 Å². The summed E-state index contributed by atoms with van der Waals surface area (Å²) < 4.78 is 37.7. The zero-order valence-corrected chi connectivity index (χ0v) is 7.68. The first-order chi connectivity index (χ1) is 4.97. The summed E-state index contributed by atoms with van der Waals surface area (Å²) >= 11 is 1.75. The Hall–Kier alpha value is 0.100. The van der Waals surface area contributed by atoms with Crippen LogP contribution in [0.1, 0.15) is 6.42 Å². The second-order valence-corrected chi connectivity index (χ2v) is 2.58. The van der Waals surface area contributed by atoms with Crippen molar-refractivity contribution in [1.82, 2.24) is 0 Å². The molecule has 70 valence electrons. The highest BCUT2D eigenvalue weighted by atomic mass is 32.2. The van der Waals surface area contributed by atoms with Crippen molar-refractivity contribution in [2.75, 3.05) is 26.2 Å². The first kappa shape index (κ1) is 13.7. The van der Waals surface area contributed by atoms with Crippen LogP contribution in [0.5, 0.6) is 0 Å². The predicted molar refractivity (Wildman–Crippen MR) is 42.0 cm³/mol. The van der Waals surface area contributed by atoms with Crippen molar-refractivity contribution in [3.8, 4) is 0 Å². The number of methoxy groups -OCH3 is 1. The fraction of sp³-hybridized carbons (Fsp3) is 1.00. The highest BCUT2D eigenvalue weighted by Crippen LogP contribution is 2.18. The van der Waals surface area contributed by atoms with Crippen LogP contribution in [0, 0.1) is 0 Å². The van der Waals surface area contributed by atoms with E-state index in [0.717, 1.165) is 0 Å². The molecule has 0 atom stereocenters. The number of rotatable bonds is 2. The summed E-state index contributed by atoms with van der Waals surface area (Å²) in [4.78, 5) is 0. The van der Waals surface area contributed by atoms with E-state index < -0.39 is 12.6 Å². The minimum absolute atomic E-state index is 0.247. The van der Waals surface area contributed by atoms with E-state index in [1.165, 1.54) is 7.11 Å². The molecule has 5 heteroatoms. The van der Waals surface area contributed by atoms with Crippen molar-refractivity contribution in [3.05, 3.63) is 0 Å². The molecule has 0 aromatic heterocycles. The molecule has 0 aliphatic heterocycles. The number of hydrogen-bond acceptors (Lipinski definition) is 2. The van der Waals surface area contributed by atoms with E-state index >= 15 is 0 Å². The van der Waals surface area contributed by atoms with Gasteiger partial charge in [0.1, 0.15) is 0 Å². The lowest BCUT2D eigenvalue weighted by Crippen LogP contribution is -2.10. The van der Waals surface area contributed by atoms with Crippen LogP contribution in [-0.4, -0.2) is 32.4 Å². The van der Waals surface area contributed by atoms with Gasteiger partial charge in [-0.15, -0.1) is 0 Å². The van der Waals surface area contributed by atoms with Crippen molar-refractivity contribution in [3.63, 3.8) is 0 Å². The molecule has 0 unspecified atom stereocenters. The molecule has 0 bridgehead atoms. The second-order valence-electron chi connectivity index (χ2n) is 1.77. The number of thioether (sulfide) groups is 1. The summed E-state index contributed by atoms with van der Waals surface area (Å²) in [5, 5.41) is 0. The summed E-state index contributed by atoms with van der Waals surface area (Å²) in [7, 11) is 1.24. The van der Waals surface area contributed by atoms with Crippen LogP contribution in [0.15, 0.2) is 0 Å². The maximum absolute atomic E-state index is 11.2. The Morgan fingerprint density at radius 3 is 1.73 bits per heavy atom. The molecule has 0 spiro atoms. The highest BCUT2D eigenvalue weighted by Gasteiger charge is 2.25. The third-order valence-electron chi connectivity index (χ3n) is 0.590. The van der Waals surface area contributed by atoms with Gasteiger partial charge in [-0.3, -0.25) is 0 Å². The number of hydrogen-bond donors (Lipinski definition) is 0. The van der Waals surface area contributed by atoms with Gasteiger partial charge in [-0.25, -0.2) is 0 Å².